The molecule has 116 valence electrons. The summed E-state index contributed by atoms with van der Waals surface area (Å²) in [7, 11) is 0. The number of rotatable bonds is 4. The van der Waals surface area contributed by atoms with Gasteiger partial charge in [-0.15, -0.1) is 0 Å². The lowest BCUT2D eigenvalue weighted by atomic mass is 10.1. The van der Waals surface area contributed by atoms with E-state index >= 15 is 0 Å². The predicted octanol–water partition coefficient (Wildman–Crippen LogP) is -0.980. The van der Waals surface area contributed by atoms with Gasteiger partial charge < -0.3 is 15.2 Å². The van der Waals surface area contributed by atoms with Gasteiger partial charge in [-0.25, -0.2) is 4.79 Å². The van der Waals surface area contributed by atoms with E-state index in [9.17, 15) is 19.5 Å². The zero-order valence-corrected chi connectivity index (χ0v) is 12.0. The molecule has 8 heteroatoms. The molecule has 0 bridgehead atoms. The number of hydrogen-bond donors (Lipinski definition) is 3. The summed E-state index contributed by atoms with van der Waals surface area (Å²) in [6.45, 7) is 3.05. The number of nitrogens with zero attached hydrogens (tertiary/aromatic N) is 1. The third-order valence-electron chi connectivity index (χ3n) is 3.54. The first-order valence-corrected chi connectivity index (χ1v) is 6.84. The van der Waals surface area contributed by atoms with Gasteiger partial charge in [0.05, 0.1) is 12.6 Å². The number of ether oxygens (including phenoxy) is 1. The third kappa shape index (κ3) is 3.22. The molecule has 0 aliphatic carbocycles. The maximum Gasteiger partial charge on any atom is 0.330 e. The number of aromatic nitrogens is 2. The minimum absolute atomic E-state index is 0.146. The van der Waals surface area contributed by atoms with E-state index in [1.807, 2.05) is 0 Å². The van der Waals surface area contributed by atoms with Crippen LogP contribution in [0.25, 0.3) is 0 Å². The van der Waals surface area contributed by atoms with E-state index in [4.69, 9.17) is 4.74 Å². The third-order valence-corrected chi connectivity index (χ3v) is 3.54. The Morgan fingerprint density at radius 2 is 2.29 bits per heavy atom. The Morgan fingerprint density at radius 3 is 2.90 bits per heavy atom. The second kappa shape index (κ2) is 6.23. The standard InChI is InChI=1S/C13H19N3O5/c1-3-10(18)14-8-4-11(21-9(8)6-17)16-5-7(2)12(19)15-13(16)20/h5,8-9,11,17H,3-4,6H2,1-2H3,(H,14,18)(H,15,19,20)/t8?,9-,11-/m1/s1. The fourth-order valence-corrected chi connectivity index (χ4v) is 2.33. The van der Waals surface area contributed by atoms with Gasteiger partial charge in [0.2, 0.25) is 5.91 Å². The van der Waals surface area contributed by atoms with Crippen LogP contribution in [0, 0.1) is 6.92 Å². The molecule has 0 aromatic carbocycles. The zero-order valence-electron chi connectivity index (χ0n) is 12.0. The molecule has 0 spiro atoms. The maximum atomic E-state index is 11.8. The van der Waals surface area contributed by atoms with Gasteiger partial charge in [-0.3, -0.25) is 19.1 Å². The molecule has 2 heterocycles. The Morgan fingerprint density at radius 1 is 1.57 bits per heavy atom. The molecule has 3 atom stereocenters. The van der Waals surface area contributed by atoms with Crippen LogP contribution in [0.5, 0.6) is 0 Å². The smallest absolute Gasteiger partial charge is 0.330 e. The van der Waals surface area contributed by atoms with E-state index in [0.29, 0.717) is 18.4 Å². The Kier molecular flexibility index (Phi) is 4.59. The highest BCUT2D eigenvalue weighted by molar-refractivity contribution is 5.75. The Hall–Kier alpha value is -1.93. The van der Waals surface area contributed by atoms with E-state index < -0.39 is 23.6 Å². The molecule has 8 nitrogen and oxygen atoms in total. The van der Waals surface area contributed by atoms with E-state index in [1.165, 1.54) is 10.8 Å². The number of carbonyl (C=O) groups excluding carboxylic acids is 1. The number of carbonyl (C=O) groups is 1. The number of aromatic amines is 1. The number of H-pyrrole nitrogens is 1. The normalized spacial score (nSPS) is 25.0. The van der Waals surface area contributed by atoms with Crippen molar-refractivity contribution in [1.82, 2.24) is 14.9 Å². The maximum absolute atomic E-state index is 11.8. The minimum atomic E-state index is -0.632. The second-order valence-corrected chi connectivity index (χ2v) is 5.05. The molecule has 1 aromatic rings. The van der Waals surface area contributed by atoms with Crippen LogP contribution in [0.4, 0.5) is 0 Å². The van der Waals surface area contributed by atoms with Gasteiger partial charge in [0, 0.05) is 24.6 Å². The predicted molar refractivity (Wildman–Crippen MR) is 73.9 cm³/mol. The van der Waals surface area contributed by atoms with Gasteiger partial charge in [0.1, 0.15) is 12.3 Å². The lowest BCUT2D eigenvalue weighted by Gasteiger charge is -2.16. The molecule has 1 fully saturated rings. The van der Waals surface area contributed by atoms with Crippen molar-refractivity contribution in [2.45, 2.75) is 45.1 Å². The van der Waals surface area contributed by atoms with Crippen LogP contribution >= 0.6 is 0 Å². The second-order valence-electron chi connectivity index (χ2n) is 5.05. The SMILES string of the molecule is CCC(=O)NC1C[C@H](n2cc(C)c(=O)[nH]c2=O)O[C@@H]1CO. The summed E-state index contributed by atoms with van der Waals surface area (Å²) >= 11 is 0. The van der Waals surface area contributed by atoms with Crippen LogP contribution in [-0.2, 0) is 9.53 Å². The molecular weight excluding hydrogens is 278 g/mol. The van der Waals surface area contributed by atoms with Gasteiger partial charge >= 0.3 is 5.69 Å². The minimum Gasteiger partial charge on any atom is -0.394 e. The van der Waals surface area contributed by atoms with E-state index in [1.54, 1.807) is 13.8 Å². The summed E-state index contributed by atoms with van der Waals surface area (Å²) in [4.78, 5) is 36.9. The van der Waals surface area contributed by atoms with Crippen molar-refractivity contribution in [2.24, 2.45) is 0 Å². The van der Waals surface area contributed by atoms with Gasteiger partial charge in [0.15, 0.2) is 0 Å². The topological polar surface area (TPSA) is 113 Å². The monoisotopic (exact) mass is 297 g/mol. The molecule has 1 saturated heterocycles. The number of nitrogens with one attached hydrogen (secondary N) is 2. The van der Waals surface area contributed by atoms with E-state index in [0.717, 1.165) is 0 Å². The molecule has 0 radical (unpaired) electrons. The van der Waals surface area contributed by atoms with Crippen molar-refractivity contribution in [2.75, 3.05) is 6.61 Å². The van der Waals surface area contributed by atoms with Gasteiger partial charge in [-0.1, -0.05) is 6.92 Å². The lowest BCUT2D eigenvalue weighted by Crippen LogP contribution is -2.41. The number of hydrogen-bond acceptors (Lipinski definition) is 5. The number of aliphatic hydroxyl groups is 1. The van der Waals surface area contributed by atoms with Crippen LogP contribution in [-0.4, -0.2) is 39.3 Å². The Labute approximate surface area is 120 Å². The number of aliphatic hydroxyl groups excluding tert-OH is 1. The molecule has 1 aliphatic heterocycles. The first kappa shape index (κ1) is 15.5. The average Bonchev–Trinajstić information content (AvgIpc) is 2.85. The summed E-state index contributed by atoms with van der Waals surface area (Å²) in [6, 6.07) is -0.369. The van der Waals surface area contributed by atoms with Crippen molar-refractivity contribution in [3.05, 3.63) is 32.6 Å². The first-order valence-electron chi connectivity index (χ1n) is 6.84. The summed E-state index contributed by atoms with van der Waals surface area (Å²) in [6.07, 6.45) is 0.890. The van der Waals surface area contributed by atoms with Gasteiger partial charge in [-0.2, -0.15) is 0 Å². The molecule has 1 amide bonds. The van der Waals surface area contributed by atoms with Gasteiger partial charge in [-0.05, 0) is 6.92 Å². The average molecular weight is 297 g/mol. The highest BCUT2D eigenvalue weighted by Gasteiger charge is 2.37. The molecule has 1 aliphatic rings. The number of aryl methyl sites for hydroxylation is 1. The highest BCUT2D eigenvalue weighted by Crippen LogP contribution is 2.27. The van der Waals surface area contributed by atoms with Crippen molar-refractivity contribution >= 4 is 5.91 Å². The van der Waals surface area contributed by atoms with Crippen LogP contribution in [0.1, 0.15) is 31.6 Å². The van der Waals surface area contributed by atoms with Crippen LogP contribution in [0.3, 0.4) is 0 Å². The zero-order chi connectivity index (χ0) is 15.6. The molecule has 0 saturated carbocycles. The van der Waals surface area contributed by atoms with Crippen molar-refractivity contribution in [1.29, 1.82) is 0 Å². The summed E-state index contributed by atoms with van der Waals surface area (Å²) in [5.41, 5.74) is -0.627. The summed E-state index contributed by atoms with van der Waals surface area (Å²) in [5.74, 6) is -0.146. The van der Waals surface area contributed by atoms with Crippen LogP contribution < -0.4 is 16.6 Å². The molecule has 1 unspecified atom stereocenters. The fraction of sp³-hybridized carbons (Fsp3) is 0.615. The first-order chi connectivity index (χ1) is 9.96. The van der Waals surface area contributed by atoms with Gasteiger partial charge in [0.25, 0.3) is 5.56 Å². The summed E-state index contributed by atoms with van der Waals surface area (Å²) in [5, 5.41) is 12.1. The Balaban J connectivity index is 2.23. The van der Waals surface area contributed by atoms with E-state index in [-0.39, 0.29) is 18.6 Å². The van der Waals surface area contributed by atoms with Crippen molar-refractivity contribution in [3.8, 4) is 0 Å². The van der Waals surface area contributed by atoms with E-state index in [2.05, 4.69) is 10.3 Å². The molecule has 21 heavy (non-hydrogen) atoms. The molecule has 2 rings (SSSR count). The molecular formula is C13H19N3O5. The number of amides is 1. The largest absolute Gasteiger partial charge is 0.394 e. The Bertz CT molecular complexity index is 635. The quantitative estimate of drug-likeness (QED) is 0.661. The fourth-order valence-electron chi connectivity index (χ4n) is 2.33. The van der Waals surface area contributed by atoms with Crippen molar-refractivity contribution < 1.29 is 14.6 Å². The molecule has 1 aromatic heterocycles. The van der Waals surface area contributed by atoms with Crippen molar-refractivity contribution in [3.63, 3.8) is 0 Å². The molecule has 3 N–H and O–H groups in total. The highest BCUT2D eigenvalue weighted by atomic mass is 16.5. The van der Waals surface area contributed by atoms with Crippen LogP contribution in [0.2, 0.25) is 0 Å². The van der Waals surface area contributed by atoms with Crippen LogP contribution in [0.15, 0.2) is 15.8 Å². The summed E-state index contributed by atoms with van der Waals surface area (Å²) < 4.78 is 6.88. The lowest BCUT2D eigenvalue weighted by molar-refractivity contribution is -0.122.